The largest absolute Gasteiger partial charge is 0.477 e. The zero-order valence-electron chi connectivity index (χ0n) is 12.4. The number of amides is 1. The van der Waals surface area contributed by atoms with Crippen LogP contribution in [0.25, 0.3) is 0 Å². The number of aliphatic carboxylic acids is 1. The number of ether oxygens (including phenoxy) is 1. The topological polar surface area (TPSA) is 96.3 Å². The predicted molar refractivity (Wildman–Crippen MR) is 84.2 cm³/mol. The molecule has 2 aliphatic heterocycles. The Morgan fingerprint density at radius 3 is 2.55 bits per heavy atom. The number of esters is 1. The highest BCUT2D eigenvalue weighted by molar-refractivity contribution is 8.00. The SMILES string of the molecule is CC(=O)OCC1=C(C(=O)O)N2C(=O)C(N=C(C)C)[C@H]2SC1.Cl. The summed E-state index contributed by atoms with van der Waals surface area (Å²) in [4.78, 5) is 39.9. The van der Waals surface area contributed by atoms with Crippen LogP contribution >= 0.6 is 24.2 Å². The number of thioether (sulfide) groups is 1. The molecule has 0 saturated carbocycles. The molecule has 1 saturated heterocycles. The van der Waals surface area contributed by atoms with Gasteiger partial charge >= 0.3 is 11.9 Å². The third kappa shape index (κ3) is 3.44. The van der Waals surface area contributed by atoms with Crippen molar-refractivity contribution in [2.45, 2.75) is 32.2 Å². The van der Waals surface area contributed by atoms with Crippen molar-refractivity contribution < 1.29 is 24.2 Å². The van der Waals surface area contributed by atoms with Crippen molar-refractivity contribution in [2.24, 2.45) is 4.99 Å². The van der Waals surface area contributed by atoms with Gasteiger partial charge in [0.1, 0.15) is 17.7 Å². The second-order valence-electron chi connectivity index (χ2n) is 4.97. The Hall–Kier alpha value is -1.54. The average molecular weight is 349 g/mol. The fraction of sp³-hybridized carbons (Fsp3) is 0.538. The van der Waals surface area contributed by atoms with Gasteiger partial charge in [0.2, 0.25) is 0 Å². The van der Waals surface area contributed by atoms with Crippen LogP contribution in [0.1, 0.15) is 20.8 Å². The van der Waals surface area contributed by atoms with Crippen LogP contribution in [0.15, 0.2) is 16.3 Å². The number of carbonyl (C=O) groups is 3. The van der Waals surface area contributed by atoms with E-state index in [9.17, 15) is 19.5 Å². The number of rotatable bonds is 4. The molecular formula is C13H17ClN2O5S. The number of carbonyl (C=O) groups excluding carboxylic acids is 2. The Kier molecular flexibility index (Phi) is 6.01. The fourth-order valence-corrected chi connectivity index (χ4v) is 3.54. The van der Waals surface area contributed by atoms with E-state index in [1.165, 1.54) is 23.6 Å². The molecule has 9 heteroatoms. The minimum atomic E-state index is -1.19. The maximum absolute atomic E-state index is 12.1. The number of fused-ring (bicyclic) bond motifs is 1. The van der Waals surface area contributed by atoms with Crippen LogP contribution in [0.2, 0.25) is 0 Å². The fourth-order valence-electron chi connectivity index (χ4n) is 2.23. The molecule has 0 aromatic carbocycles. The first kappa shape index (κ1) is 18.5. The van der Waals surface area contributed by atoms with Crippen molar-refractivity contribution in [3.63, 3.8) is 0 Å². The molecular weight excluding hydrogens is 332 g/mol. The second-order valence-corrected chi connectivity index (χ2v) is 6.07. The van der Waals surface area contributed by atoms with E-state index < -0.39 is 18.0 Å². The number of halogens is 1. The molecule has 1 unspecified atom stereocenters. The van der Waals surface area contributed by atoms with Crippen LogP contribution in [0.5, 0.6) is 0 Å². The van der Waals surface area contributed by atoms with E-state index >= 15 is 0 Å². The second kappa shape index (κ2) is 7.15. The number of nitrogens with zero attached hydrogens (tertiary/aromatic N) is 2. The van der Waals surface area contributed by atoms with Gasteiger partial charge in [0.25, 0.3) is 5.91 Å². The van der Waals surface area contributed by atoms with E-state index in [1.54, 1.807) is 13.8 Å². The van der Waals surface area contributed by atoms with Crippen molar-refractivity contribution >= 4 is 47.7 Å². The summed E-state index contributed by atoms with van der Waals surface area (Å²) in [6, 6.07) is -0.523. The van der Waals surface area contributed by atoms with Gasteiger partial charge in [-0.2, -0.15) is 0 Å². The molecule has 122 valence electrons. The summed E-state index contributed by atoms with van der Waals surface area (Å²) in [6.07, 6.45) is 0. The van der Waals surface area contributed by atoms with E-state index in [2.05, 4.69) is 4.99 Å². The van der Waals surface area contributed by atoms with E-state index in [1.807, 2.05) is 0 Å². The van der Waals surface area contributed by atoms with Gasteiger partial charge in [0.05, 0.1) is 0 Å². The van der Waals surface area contributed by atoms with Gasteiger partial charge in [-0.3, -0.25) is 19.5 Å². The molecule has 22 heavy (non-hydrogen) atoms. The number of hydrogen-bond donors (Lipinski definition) is 1. The summed E-state index contributed by atoms with van der Waals surface area (Å²) < 4.78 is 4.86. The lowest BCUT2D eigenvalue weighted by molar-refractivity contribution is -0.148. The van der Waals surface area contributed by atoms with Crippen LogP contribution in [0, 0.1) is 0 Å². The van der Waals surface area contributed by atoms with Crippen molar-refractivity contribution in [3.8, 4) is 0 Å². The summed E-state index contributed by atoms with van der Waals surface area (Å²) in [7, 11) is 0. The minimum Gasteiger partial charge on any atom is -0.477 e. The van der Waals surface area contributed by atoms with Crippen molar-refractivity contribution in [1.29, 1.82) is 0 Å². The monoisotopic (exact) mass is 348 g/mol. The summed E-state index contributed by atoms with van der Waals surface area (Å²) in [5.74, 6) is -1.60. The number of hydrogen-bond acceptors (Lipinski definition) is 6. The van der Waals surface area contributed by atoms with Crippen LogP contribution in [-0.4, -0.2) is 57.3 Å². The molecule has 2 aliphatic rings. The van der Waals surface area contributed by atoms with E-state index in [-0.39, 0.29) is 36.0 Å². The van der Waals surface area contributed by atoms with Crippen molar-refractivity contribution in [1.82, 2.24) is 4.90 Å². The Morgan fingerprint density at radius 1 is 1.41 bits per heavy atom. The summed E-state index contributed by atoms with van der Waals surface area (Å²) >= 11 is 1.43. The van der Waals surface area contributed by atoms with Gasteiger partial charge in [0, 0.05) is 24.0 Å². The van der Waals surface area contributed by atoms with Crippen molar-refractivity contribution in [2.75, 3.05) is 12.4 Å². The van der Waals surface area contributed by atoms with Gasteiger partial charge in [0.15, 0.2) is 6.04 Å². The molecule has 0 spiro atoms. The normalized spacial score (nSPS) is 23.0. The molecule has 0 radical (unpaired) electrons. The highest BCUT2D eigenvalue weighted by Gasteiger charge is 2.53. The Bertz CT molecular complexity index is 571. The summed E-state index contributed by atoms with van der Waals surface area (Å²) in [6.45, 7) is 4.73. The lowest BCUT2D eigenvalue weighted by Crippen LogP contribution is -2.64. The smallest absolute Gasteiger partial charge is 0.352 e. The van der Waals surface area contributed by atoms with Gasteiger partial charge in [-0.15, -0.1) is 24.2 Å². The maximum atomic E-state index is 12.1. The molecule has 1 fully saturated rings. The molecule has 0 aromatic heterocycles. The highest BCUT2D eigenvalue weighted by atomic mass is 35.5. The Labute approximate surface area is 138 Å². The molecule has 0 aromatic rings. The van der Waals surface area contributed by atoms with E-state index in [4.69, 9.17) is 4.74 Å². The van der Waals surface area contributed by atoms with Gasteiger partial charge in [-0.05, 0) is 13.8 Å². The summed E-state index contributed by atoms with van der Waals surface area (Å²) in [5.41, 5.74) is 1.13. The Morgan fingerprint density at radius 2 is 2.05 bits per heavy atom. The number of carboxylic acids is 1. The lowest BCUT2D eigenvalue weighted by atomic mass is 10.0. The standard InChI is InChI=1S/C13H16N2O5S.ClH/c1-6(2)14-9-11(17)15-10(13(18)19)8(4-20-7(3)16)5-21-12(9)15;/h9,12H,4-5H2,1-3H3,(H,18,19);1H/t9?,12-;/m1./s1. The zero-order valence-corrected chi connectivity index (χ0v) is 14.0. The van der Waals surface area contributed by atoms with Crippen LogP contribution in [-0.2, 0) is 19.1 Å². The van der Waals surface area contributed by atoms with Gasteiger partial charge in [-0.25, -0.2) is 4.79 Å². The molecule has 1 amide bonds. The molecule has 0 bridgehead atoms. The lowest BCUT2D eigenvalue weighted by Gasteiger charge is -2.47. The summed E-state index contributed by atoms with van der Waals surface area (Å²) in [5, 5.41) is 9.05. The first-order valence-corrected chi connectivity index (χ1v) is 7.42. The van der Waals surface area contributed by atoms with Crippen LogP contribution in [0.4, 0.5) is 0 Å². The molecule has 2 atom stereocenters. The average Bonchev–Trinajstić information content (AvgIpc) is 2.40. The first-order chi connectivity index (χ1) is 9.82. The van der Waals surface area contributed by atoms with Crippen molar-refractivity contribution in [3.05, 3.63) is 11.3 Å². The molecule has 2 heterocycles. The number of carboxylic acid groups (broad SMARTS) is 1. The van der Waals surface area contributed by atoms with Gasteiger partial charge < -0.3 is 9.84 Å². The molecule has 1 N–H and O–H groups in total. The number of aliphatic imine (C=N–C) groups is 1. The van der Waals surface area contributed by atoms with Crippen LogP contribution < -0.4 is 0 Å². The third-order valence-corrected chi connectivity index (χ3v) is 4.39. The van der Waals surface area contributed by atoms with Crippen LogP contribution in [0.3, 0.4) is 0 Å². The van der Waals surface area contributed by atoms with Gasteiger partial charge in [-0.1, -0.05) is 0 Å². The van der Waals surface area contributed by atoms with E-state index in [0.29, 0.717) is 11.3 Å². The molecule has 7 nitrogen and oxygen atoms in total. The van der Waals surface area contributed by atoms with E-state index in [0.717, 1.165) is 5.71 Å². The predicted octanol–water partition coefficient (Wildman–Crippen LogP) is 1.07. The minimum absolute atomic E-state index is 0. The quantitative estimate of drug-likeness (QED) is 0.464. The first-order valence-electron chi connectivity index (χ1n) is 6.37. The third-order valence-electron chi connectivity index (χ3n) is 3.07. The highest BCUT2D eigenvalue weighted by Crippen LogP contribution is 2.41. The zero-order chi connectivity index (χ0) is 15.7. The Balaban J connectivity index is 0.00000242. The number of β-lactam (4-membered cyclic amide) rings is 1. The maximum Gasteiger partial charge on any atom is 0.352 e. The molecule has 0 aliphatic carbocycles. The molecule has 2 rings (SSSR count).